The summed E-state index contributed by atoms with van der Waals surface area (Å²) in [6.45, 7) is 8.31. The van der Waals surface area contributed by atoms with E-state index in [2.05, 4.69) is 15.1 Å². The summed E-state index contributed by atoms with van der Waals surface area (Å²) in [5, 5.41) is 2.44. The zero-order chi connectivity index (χ0) is 28.4. The average molecular weight is 553 g/mol. The van der Waals surface area contributed by atoms with E-state index in [1.807, 2.05) is 29.2 Å². The Hall–Kier alpha value is -3.33. The SMILES string of the molecule is CNC(=O)C(CCC=O)c1c(F)cc(N2CC(CN3CC4(CCN(c5ccc(C(C)=O)cc5)CC4)C3)C2)cc1F. The van der Waals surface area contributed by atoms with Crippen LogP contribution >= 0.6 is 0 Å². The second-order valence-electron chi connectivity index (χ2n) is 11.8. The number of nitrogens with zero attached hydrogens (tertiary/aromatic N) is 3. The summed E-state index contributed by atoms with van der Waals surface area (Å²) in [6, 6.07) is 10.5. The summed E-state index contributed by atoms with van der Waals surface area (Å²) in [5.74, 6) is -2.49. The maximum absolute atomic E-state index is 15.0. The number of anilines is 2. The summed E-state index contributed by atoms with van der Waals surface area (Å²) in [7, 11) is 1.42. The highest BCUT2D eigenvalue weighted by atomic mass is 19.1. The molecule has 1 unspecified atom stereocenters. The highest BCUT2D eigenvalue weighted by Crippen LogP contribution is 2.42. The molecule has 2 aromatic rings. The largest absolute Gasteiger partial charge is 0.371 e. The predicted molar refractivity (Wildman–Crippen MR) is 151 cm³/mol. The third-order valence-electron chi connectivity index (χ3n) is 8.97. The summed E-state index contributed by atoms with van der Waals surface area (Å²) >= 11 is 0. The maximum atomic E-state index is 15.0. The fraction of sp³-hybridized carbons (Fsp3) is 0.516. The standard InChI is InChI=1S/C31H38F2N4O3/c1-21(39)23-5-7-24(8-6-23)36-11-9-31(10-12-36)19-35(20-31)16-22-17-37(18-22)25-14-27(32)29(28(33)15-25)26(4-3-13-38)30(40)34-2/h5-8,13-15,22,26H,3-4,9-12,16-20H2,1-2H3,(H,34,40). The van der Waals surface area contributed by atoms with Crippen LogP contribution in [-0.2, 0) is 9.59 Å². The second kappa shape index (κ2) is 11.6. The molecular weight excluding hydrogens is 514 g/mol. The van der Waals surface area contributed by atoms with Crippen molar-refractivity contribution in [3.8, 4) is 0 Å². The first kappa shape index (κ1) is 28.2. The minimum absolute atomic E-state index is 0.0541. The molecule has 0 bridgehead atoms. The molecule has 7 nitrogen and oxygen atoms in total. The van der Waals surface area contributed by atoms with Crippen molar-refractivity contribution in [1.82, 2.24) is 10.2 Å². The van der Waals surface area contributed by atoms with Crippen LogP contribution in [0.4, 0.5) is 20.2 Å². The molecule has 0 aliphatic carbocycles. The number of amides is 1. The van der Waals surface area contributed by atoms with Crippen LogP contribution in [0.3, 0.4) is 0 Å². The fourth-order valence-electron chi connectivity index (χ4n) is 6.66. The molecule has 0 aromatic heterocycles. The van der Waals surface area contributed by atoms with Crippen molar-refractivity contribution in [2.45, 2.75) is 38.5 Å². The summed E-state index contributed by atoms with van der Waals surface area (Å²) in [4.78, 5) is 41.4. The van der Waals surface area contributed by atoms with Crippen LogP contribution in [0.25, 0.3) is 0 Å². The number of carbonyl (C=O) groups excluding carboxylic acids is 3. The number of Topliss-reactive ketones (excluding diaryl/α,β-unsaturated/α-hetero) is 1. The number of likely N-dealkylation sites (N-methyl/N-ethyl adjacent to an activating group) is 1. The lowest BCUT2D eigenvalue weighted by molar-refractivity contribution is -0.122. The summed E-state index contributed by atoms with van der Waals surface area (Å²) in [6.07, 6.45) is 3.08. The van der Waals surface area contributed by atoms with Gasteiger partial charge in [0.1, 0.15) is 17.9 Å². The van der Waals surface area contributed by atoms with Gasteiger partial charge in [-0.15, -0.1) is 0 Å². The third kappa shape index (κ3) is 5.75. The van der Waals surface area contributed by atoms with Gasteiger partial charge < -0.3 is 24.8 Å². The van der Waals surface area contributed by atoms with Crippen LogP contribution in [0.15, 0.2) is 36.4 Å². The Balaban J connectivity index is 1.09. The van der Waals surface area contributed by atoms with Crippen LogP contribution in [0.2, 0.25) is 0 Å². The first-order chi connectivity index (χ1) is 19.2. The molecule has 3 aliphatic heterocycles. The van der Waals surface area contributed by atoms with Gasteiger partial charge in [0, 0.05) is 87.7 Å². The molecule has 1 atom stereocenters. The minimum Gasteiger partial charge on any atom is -0.371 e. The Morgan fingerprint density at radius 2 is 1.65 bits per heavy atom. The summed E-state index contributed by atoms with van der Waals surface area (Å²) < 4.78 is 30.0. The zero-order valence-corrected chi connectivity index (χ0v) is 23.3. The van der Waals surface area contributed by atoms with Crippen LogP contribution in [0.1, 0.15) is 54.4 Å². The number of carbonyl (C=O) groups is 3. The number of rotatable bonds is 10. The molecule has 2 aromatic carbocycles. The minimum atomic E-state index is -1.04. The molecule has 0 radical (unpaired) electrons. The van der Waals surface area contributed by atoms with Crippen LogP contribution < -0.4 is 15.1 Å². The first-order valence-corrected chi connectivity index (χ1v) is 14.2. The number of likely N-dealkylation sites (tertiary alicyclic amines) is 1. The molecule has 5 rings (SSSR count). The van der Waals surface area contributed by atoms with Gasteiger partial charge in [-0.1, -0.05) is 0 Å². The molecule has 3 saturated heterocycles. The van der Waals surface area contributed by atoms with E-state index in [9.17, 15) is 14.4 Å². The van der Waals surface area contributed by atoms with E-state index in [1.54, 1.807) is 6.92 Å². The van der Waals surface area contributed by atoms with Crippen molar-refractivity contribution in [1.29, 1.82) is 0 Å². The molecule has 40 heavy (non-hydrogen) atoms. The van der Waals surface area contributed by atoms with Gasteiger partial charge in [-0.3, -0.25) is 9.59 Å². The Labute approximate surface area is 234 Å². The number of nitrogens with one attached hydrogen (secondary N) is 1. The van der Waals surface area contributed by atoms with E-state index >= 15 is 8.78 Å². The van der Waals surface area contributed by atoms with E-state index in [0.717, 1.165) is 64.2 Å². The molecule has 9 heteroatoms. The highest BCUT2D eigenvalue weighted by Gasteiger charge is 2.46. The molecule has 1 amide bonds. The monoisotopic (exact) mass is 552 g/mol. The van der Waals surface area contributed by atoms with Crippen LogP contribution in [0, 0.1) is 23.0 Å². The van der Waals surface area contributed by atoms with Crippen molar-refractivity contribution >= 4 is 29.4 Å². The van der Waals surface area contributed by atoms with E-state index in [1.165, 1.54) is 24.9 Å². The Morgan fingerprint density at radius 3 is 2.20 bits per heavy atom. The molecular formula is C31H38F2N4O3. The second-order valence-corrected chi connectivity index (χ2v) is 11.8. The molecule has 3 aliphatic rings. The average Bonchev–Trinajstić information content (AvgIpc) is 2.90. The lowest BCUT2D eigenvalue weighted by Gasteiger charge is -2.56. The van der Waals surface area contributed by atoms with Crippen LogP contribution in [-0.4, -0.2) is 75.7 Å². The smallest absolute Gasteiger partial charge is 0.227 e. The number of piperidine rings is 1. The van der Waals surface area contributed by atoms with Gasteiger partial charge in [0.25, 0.3) is 0 Å². The quantitative estimate of drug-likeness (QED) is 0.355. The van der Waals surface area contributed by atoms with Gasteiger partial charge >= 0.3 is 0 Å². The lowest BCUT2D eigenvalue weighted by Crippen LogP contribution is -2.63. The lowest BCUT2D eigenvalue weighted by atomic mass is 9.71. The molecule has 1 N–H and O–H groups in total. The number of aldehydes is 1. The number of hydrogen-bond donors (Lipinski definition) is 1. The first-order valence-electron chi connectivity index (χ1n) is 14.2. The van der Waals surface area contributed by atoms with E-state index < -0.39 is 23.5 Å². The van der Waals surface area contributed by atoms with Gasteiger partial charge in [-0.2, -0.15) is 0 Å². The highest BCUT2D eigenvalue weighted by molar-refractivity contribution is 5.94. The van der Waals surface area contributed by atoms with Crippen molar-refractivity contribution in [3.05, 3.63) is 59.2 Å². The third-order valence-corrected chi connectivity index (χ3v) is 8.97. The Morgan fingerprint density at radius 1 is 1.02 bits per heavy atom. The van der Waals surface area contributed by atoms with E-state index in [4.69, 9.17) is 0 Å². The number of hydrogen-bond acceptors (Lipinski definition) is 6. The van der Waals surface area contributed by atoms with Gasteiger partial charge in [-0.05, 0) is 68.0 Å². The Bertz CT molecular complexity index is 1220. The van der Waals surface area contributed by atoms with Crippen LogP contribution in [0.5, 0.6) is 0 Å². The number of ketones is 1. The fourth-order valence-corrected chi connectivity index (χ4v) is 6.66. The topological polar surface area (TPSA) is 73.0 Å². The number of halogens is 2. The normalized spacial score (nSPS) is 19.6. The zero-order valence-electron chi connectivity index (χ0n) is 23.3. The van der Waals surface area contributed by atoms with E-state index in [0.29, 0.717) is 23.3 Å². The van der Waals surface area contributed by atoms with Gasteiger partial charge in [0.05, 0.1) is 5.92 Å². The maximum Gasteiger partial charge on any atom is 0.227 e. The molecule has 214 valence electrons. The summed E-state index contributed by atoms with van der Waals surface area (Å²) in [5.41, 5.74) is 2.52. The predicted octanol–water partition coefficient (Wildman–Crippen LogP) is 4.01. The van der Waals surface area contributed by atoms with Gasteiger partial charge in [0.15, 0.2) is 5.78 Å². The molecule has 3 heterocycles. The number of benzene rings is 2. The van der Waals surface area contributed by atoms with Crippen molar-refractivity contribution in [2.75, 3.05) is 62.7 Å². The van der Waals surface area contributed by atoms with Crippen molar-refractivity contribution in [3.63, 3.8) is 0 Å². The Kier molecular flexibility index (Phi) is 8.21. The molecule has 3 fully saturated rings. The molecule has 1 spiro atoms. The van der Waals surface area contributed by atoms with Gasteiger partial charge in [0.2, 0.25) is 5.91 Å². The van der Waals surface area contributed by atoms with Crippen molar-refractivity contribution in [2.24, 2.45) is 11.3 Å². The van der Waals surface area contributed by atoms with E-state index in [-0.39, 0.29) is 24.2 Å². The molecule has 0 saturated carbocycles. The van der Waals surface area contributed by atoms with Gasteiger partial charge in [-0.25, -0.2) is 8.78 Å². The van der Waals surface area contributed by atoms with Crippen molar-refractivity contribution < 1.29 is 23.2 Å².